The number of amides is 2. The quantitative estimate of drug-likeness (QED) is 0.782. The molecule has 94 valence electrons. The van der Waals surface area contributed by atoms with Crippen molar-refractivity contribution >= 4 is 35.0 Å². The predicted octanol–water partition coefficient (Wildman–Crippen LogP) is 3.11. The molecule has 18 heavy (non-hydrogen) atoms. The van der Waals surface area contributed by atoms with E-state index < -0.39 is 17.9 Å². The maximum absolute atomic E-state index is 11.8. The van der Waals surface area contributed by atoms with E-state index in [0.717, 1.165) is 16.0 Å². The summed E-state index contributed by atoms with van der Waals surface area (Å²) < 4.78 is 0. The smallest absolute Gasteiger partial charge is 0.267 e. The summed E-state index contributed by atoms with van der Waals surface area (Å²) in [6.07, 6.45) is 0. The average molecular weight is 284 g/mol. The first-order chi connectivity index (χ1) is 8.43. The lowest BCUT2D eigenvalue weighted by molar-refractivity contribution is -0.139. The van der Waals surface area contributed by atoms with Gasteiger partial charge in [0.05, 0.1) is 6.04 Å². The maximum Gasteiger partial charge on any atom is 0.274 e. The molecule has 2 amide bonds. The number of aryl methyl sites for hydroxylation is 1. The number of benzene rings is 1. The molecule has 1 aromatic rings. The number of imide groups is 1. The highest BCUT2D eigenvalue weighted by atomic mass is 35.5. The van der Waals surface area contributed by atoms with E-state index in [4.69, 9.17) is 23.2 Å². The summed E-state index contributed by atoms with van der Waals surface area (Å²) in [5.74, 6) is -1.08. The van der Waals surface area contributed by atoms with Crippen LogP contribution in [-0.4, -0.2) is 16.7 Å². The summed E-state index contributed by atoms with van der Waals surface area (Å²) in [5, 5.41) is -0.416. The molecule has 1 heterocycles. The van der Waals surface area contributed by atoms with E-state index in [1.807, 2.05) is 31.2 Å². The second-order valence-electron chi connectivity index (χ2n) is 4.19. The van der Waals surface area contributed by atoms with E-state index in [1.165, 1.54) is 0 Å². The van der Waals surface area contributed by atoms with Gasteiger partial charge >= 0.3 is 0 Å². The largest absolute Gasteiger partial charge is 0.274 e. The fourth-order valence-corrected chi connectivity index (χ4v) is 2.18. The summed E-state index contributed by atoms with van der Waals surface area (Å²) in [7, 11) is 0. The first-order valence-electron chi connectivity index (χ1n) is 5.43. The normalized spacial score (nSPS) is 17.7. The lowest BCUT2D eigenvalue weighted by Gasteiger charge is -2.23. The fraction of sp³-hybridized carbons (Fsp3) is 0.231. The van der Waals surface area contributed by atoms with Gasteiger partial charge in [-0.15, -0.1) is 0 Å². The molecule has 0 fully saturated rings. The topological polar surface area (TPSA) is 37.4 Å². The van der Waals surface area contributed by atoms with Gasteiger partial charge in [-0.3, -0.25) is 14.5 Å². The summed E-state index contributed by atoms with van der Waals surface area (Å²) in [6, 6.07) is 7.21. The molecular formula is C13H11Cl2NO2. The van der Waals surface area contributed by atoms with Crippen LogP contribution in [0.5, 0.6) is 0 Å². The van der Waals surface area contributed by atoms with Gasteiger partial charge in [0, 0.05) is 0 Å². The Hall–Kier alpha value is -1.32. The zero-order chi connectivity index (χ0) is 13.4. The minimum Gasteiger partial charge on any atom is -0.267 e. The van der Waals surface area contributed by atoms with Crippen LogP contribution in [0.2, 0.25) is 0 Å². The molecule has 1 aliphatic rings. The summed E-state index contributed by atoms with van der Waals surface area (Å²) >= 11 is 11.4. The standard InChI is InChI=1S/C13H11Cl2NO2/c1-7-3-5-9(6-4-7)8(2)16-12(17)10(14)11(15)13(16)18/h3-6,8H,1-2H3. The van der Waals surface area contributed by atoms with Gasteiger partial charge in [0.25, 0.3) is 11.8 Å². The Kier molecular flexibility index (Phi) is 3.46. The SMILES string of the molecule is Cc1ccc(C(C)N2C(=O)C(Cl)=C(Cl)C2=O)cc1. The van der Waals surface area contributed by atoms with Crippen molar-refractivity contribution < 1.29 is 9.59 Å². The number of rotatable bonds is 2. The Balaban J connectivity index is 2.31. The van der Waals surface area contributed by atoms with E-state index in [2.05, 4.69) is 0 Å². The number of carbonyl (C=O) groups is 2. The highest BCUT2D eigenvalue weighted by Crippen LogP contribution is 2.33. The third kappa shape index (κ3) is 2.04. The van der Waals surface area contributed by atoms with Crippen molar-refractivity contribution in [1.29, 1.82) is 0 Å². The molecule has 5 heteroatoms. The van der Waals surface area contributed by atoms with Crippen LogP contribution in [0.1, 0.15) is 24.1 Å². The summed E-state index contributed by atoms with van der Waals surface area (Å²) in [6.45, 7) is 3.73. The molecule has 0 aromatic heterocycles. The minimum absolute atomic E-state index is 0.208. The van der Waals surface area contributed by atoms with Crippen molar-refractivity contribution in [3.8, 4) is 0 Å². The van der Waals surface area contributed by atoms with Crippen LogP contribution in [0.25, 0.3) is 0 Å². The Labute approximate surface area is 115 Å². The van der Waals surface area contributed by atoms with Gasteiger partial charge in [-0.05, 0) is 19.4 Å². The molecule has 1 aliphatic heterocycles. The minimum atomic E-state index is -0.542. The van der Waals surface area contributed by atoms with Crippen LogP contribution in [-0.2, 0) is 9.59 Å². The van der Waals surface area contributed by atoms with E-state index in [0.29, 0.717) is 0 Å². The van der Waals surface area contributed by atoms with Crippen molar-refractivity contribution in [2.75, 3.05) is 0 Å². The van der Waals surface area contributed by atoms with Crippen LogP contribution in [0.15, 0.2) is 34.3 Å². The zero-order valence-electron chi connectivity index (χ0n) is 9.91. The second-order valence-corrected chi connectivity index (χ2v) is 4.95. The van der Waals surface area contributed by atoms with Gasteiger partial charge in [0.15, 0.2) is 0 Å². The van der Waals surface area contributed by atoms with Crippen LogP contribution in [0, 0.1) is 6.92 Å². The fourth-order valence-electron chi connectivity index (χ4n) is 1.84. The van der Waals surface area contributed by atoms with Crippen molar-refractivity contribution in [3.63, 3.8) is 0 Å². The third-order valence-corrected chi connectivity index (χ3v) is 3.75. The molecule has 0 radical (unpaired) electrons. The van der Waals surface area contributed by atoms with Crippen molar-refractivity contribution in [2.24, 2.45) is 0 Å². The van der Waals surface area contributed by atoms with Crippen molar-refractivity contribution in [2.45, 2.75) is 19.9 Å². The molecular weight excluding hydrogens is 273 g/mol. The Morgan fingerprint density at radius 1 is 1.00 bits per heavy atom. The monoisotopic (exact) mass is 283 g/mol. The van der Waals surface area contributed by atoms with Gasteiger partial charge in [-0.2, -0.15) is 0 Å². The molecule has 0 aliphatic carbocycles. The predicted molar refractivity (Wildman–Crippen MR) is 70.2 cm³/mol. The molecule has 3 nitrogen and oxygen atoms in total. The Morgan fingerprint density at radius 2 is 1.44 bits per heavy atom. The van der Waals surface area contributed by atoms with Crippen LogP contribution in [0.3, 0.4) is 0 Å². The van der Waals surface area contributed by atoms with Crippen molar-refractivity contribution in [1.82, 2.24) is 4.90 Å². The number of nitrogens with zero attached hydrogens (tertiary/aromatic N) is 1. The number of hydrogen-bond acceptors (Lipinski definition) is 2. The van der Waals surface area contributed by atoms with Gasteiger partial charge in [-0.25, -0.2) is 0 Å². The molecule has 1 aromatic carbocycles. The first-order valence-corrected chi connectivity index (χ1v) is 6.18. The zero-order valence-corrected chi connectivity index (χ0v) is 11.4. The van der Waals surface area contributed by atoms with Gasteiger partial charge in [-0.1, -0.05) is 53.0 Å². The molecule has 1 atom stereocenters. The van der Waals surface area contributed by atoms with Crippen LogP contribution >= 0.6 is 23.2 Å². The Morgan fingerprint density at radius 3 is 1.89 bits per heavy atom. The first kappa shape index (κ1) is 13.1. The summed E-state index contributed by atoms with van der Waals surface area (Å²) in [4.78, 5) is 24.8. The van der Waals surface area contributed by atoms with E-state index in [1.54, 1.807) is 6.92 Å². The van der Waals surface area contributed by atoms with Crippen LogP contribution in [0.4, 0.5) is 0 Å². The summed E-state index contributed by atoms with van der Waals surface area (Å²) in [5.41, 5.74) is 1.97. The molecule has 0 N–H and O–H groups in total. The third-order valence-electron chi connectivity index (χ3n) is 2.95. The molecule has 0 saturated heterocycles. The van der Waals surface area contributed by atoms with Gasteiger partial charge in [0.1, 0.15) is 10.1 Å². The molecule has 2 rings (SSSR count). The van der Waals surface area contributed by atoms with Crippen molar-refractivity contribution in [3.05, 3.63) is 45.5 Å². The second kappa shape index (κ2) is 4.75. The molecule has 0 bridgehead atoms. The van der Waals surface area contributed by atoms with Gasteiger partial charge < -0.3 is 0 Å². The molecule has 1 unspecified atom stereocenters. The number of hydrogen-bond donors (Lipinski definition) is 0. The van der Waals surface area contributed by atoms with E-state index in [-0.39, 0.29) is 10.1 Å². The Bertz CT molecular complexity index is 525. The molecule has 0 saturated carbocycles. The number of halogens is 2. The highest BCUT2D eigenvalue weighted by Gasteiger charge is 2.39. The van der Waals surface area contributed by atoms with E-state index >= 15 is 0 Å². The maximum atomic E-state index is 11.8. The number of carbonyl (C=O) groups excluding carboxylic acids is 2. The van der Waals surface area contributed by atoms with Gasteiger partial charge in [0.2, 0.25) is 0 Å². The average Bonchev–Trinajstić information content (AvgIpc) is 2.54. The lowest BCUT2D eigenvalue weighted by atomic mass is 10.1. The molecule has 0 spiro atoms. The van der Waals surface area contributed by atoms with Crippen LogP contribution < -0.4 is 0 Å². The van der Waals surface area contributed by atoms with E-state index in [9.17, 15) is 9.59 Å². The lowest BCUT2D eigenvalue weighted by Crippen LogP contribution is -2.33. The highest BCUT2D eigenvalue weighted by molar-refractivity contribution is 6.58.